The number of phenols is 1. The van der Waals surface area contributed by atoms with Crippen LogP contribution in [0.4, 0.5) is 5.82 Å². The highest BCUT2D eigenvalue weighted by molar-refractivity contribution is 6.08. The number of phenolic OH excluding ortho intramolecular Hbond substituents is 1. The van der Waals surface area contributed by atoms with Crippen LogP contribution in [0, 0.1) is 0 Å². The second kappa shape index (κ2) is 6.25. The van der Waals surface area contributed by atoms with E-state index in [1.165, 1.54) is 0 Å². The molecule has 4 aromatic rings. The highest BCUT2D eigenvalue weighted by Gasteiger charge is 2.19. The van der Waals surface area contributed by atoms with E-state index >= 15 is 0 Å². The maximum atomic E-state index is 9.89. The zero-order chi connectivity index (χ0) is 18.4. The molecule has 3 heterocycles. The maximum absolute atomic E-state index is 9.89. The Morgan fingerprint density at radius 2 is 1.85 bits per heavy atom. The molecule has 1 N–H and O–H groups in total. The Labute approximate surface area is 156 Å². The highest BCUT2D eigenvalue weighted by Crippen LogP contribution is 2.33. The lowest BCUT2D eigenvalue weighted by atomic mass is 10.1. The number of hydrogen-bond acceptors (Lipinski definition) is 5. The standard InChI is InChI=1S/C21H20N4O2/c1-24-8-7-16-18(24)6-5-17-19(16)22-20(14-3-2-4-15(26)13-14)23-21(17)25-9-11-27-12-10-25/h2-8,13,26H,9-12H2,1H3. The first-order valence-corrected chi connectivity index (χ1v) is 9.08. The first-order chi connectivity index (χ1) is 13.2. The molecule has 0 atom stereocenters. The van der Waals surface area contributed by atoms with E-state index in [1.807, 2.05) is 19.2 Å². The van der Waals surface area contributed by atoms with Gasteiger partial charge in [0.25, 0.3) is 0 Å². The first-order valence-electron chi connectivity index (χ1n) is 9.08. The summed E-state index contributed by atoms with van der Waals surface area (Å²) in [5.74, 6) is 1.76. The Bertz CT molecular complexity index is 1150. The fourth-order valence-electron chi connectivity index (χ4n) is 3.72. The third kappa shape index (κ3) is 2.69. The number of benzene rings is 2. The largest absolute Gasteiger partial charge is 0.508 e. The third-order valence-corrected chi connectivity index (χ3v) is 5.12. The SMILES string of the molecule is Cn1ccc2c3nc(-c4cccc(O)c4)nc(N4CCOCC4)c3ccc21. The fraction of sp³-hybridized carbons (Fsp3) is 0.238. The Kier molecular flexibility index (Phi) is 3.72. The lowest BCUT2D eigenvalue weighted by molar-refractivity contribution is 0.122. The molecule has 1 fully saturated rings. The van der Waals surface area contributed by atoms with Crippen molar-refractivity contribution < 1.29 is 9.84 Å². The number of aromatic nitrogens is 3. The van der Waals surface area contributed by atoms with Crippen molar-refractivity contribution in [3.8, 4) is 17.1 Å². The van der Waals surface area contributed by atoms with Crippen LogP contribution < -0.4 is 4.90 Å². The molecule has 1 aliphatic heterocycles. The molecule has 2 aromatic heterocycles. The van der Waals surface area contributed by atoms with Gasteiger partial charge >= 0.3 is 0 Å². The van der Waals surface area contributed by atoms with E-state index < -0.39 is 0 Å². The Balaban J connectivity index is 1.81. The monoisotopic (exact) mass is 360 g/mol. The predicted octanol–water partition coefficient (Wildman–Crippen LogP) is 3.33. The number of aryl methyl sites for hydroxylation is 1. The minimum absolute atomic E-state index is 0.210. The molecule has 0 bridgehead atoms. The predicted molar refractivity (Wildman–Crippen MR) is 106 cm³/mol. The van der Waals surface area contributed by atoms with Crippen molar-refractivity contribution in [3.63, 3.8) is 0 Å². The summed E-state index contributed by atoms with van der Waals surface area (Å²) in [4.78, 5) is 12.0. The summed E-state index contributed by atoms with van der Waals surface area (Å²) in [6.45, 7) is 3.00. The van der Waals surface area contributed by atoms with Crippen molar-refractivity contribution in [2.24, 2.45) is 7.05 Å². The van der Waals surface area contributed by atoms with E-state index in [-0.39, 0.29) is 5.75 Å². The number of aromatic hydroxyl groups is 1. The van der Waals surface area contributed by atoms with Crippen LogP contribution in [0.3, 0.4) is 0 Å². The maximum Gasteiger partial charge on any atom is 0.162 e. The lowest BCUT2D eigenvalue weighted by Gasteiger charge is -2.29. The molecule has 6 nitrogen and oxygen atoms in total. The van der Waals surface area contributed by atoms with Crippen LogP contribution in [0.25, 0.3) is 33.2 Å². The minimum Gasteiger partial charge on any atom is -0.508 e. The minimum atomic E-state index is 0.210. The van der Waals surface area contributed by atoms with Gasteiger partial charge in [-0.3, -0.25) is 0 Å². The molecule has 1 saturated heterocycles. The second-order valence-corrected chi connectivity index (χ2v) is 6.84. The van der Waals surface area contributed by atoms with Crippen molar-refractivity contribution >= 4 is 27.6 Å². The van der Waals surface area contributed by atoms with Gasteiger partial charge in [-0.05, 0) is 30.3 Å². The number of morpholine rings is 1. The molecule has 0 spiro atoms. The van der Waals surface area contributed by atoms with Crippen LogP contribution in [-0.4, -0.2) is 45.9 Å². The van der Waals surface area contributed by atoms with Crippen molar-refractivity contribution in [1.29, 1.82) is 0 Å². The van der Waals surface area contributed by atoms with Gasteiger partial charge in [0.1, 0.15) is 11.6 Å². The molecule has 27 heavy (non-hydrogen) atoms. The van der Waals surface area contributed by atoms with E-state index in [4.69, 9.17) is 14.7 Å². The van der Waals surface area contributed by atoms with Crippen LogP contribution in [-0.2, 0) is 11.8 Å². The summed E-state index contributed by atoms with van der Waals surface area (Å²) in [6.07, 6.45) is 2.05. The summed E-state index contributed by atoms with van der Waals surface area (Å²) in [5.41, 5.74) is 2.87. The molecule has 1 aliphatic rings. The van der Waals surface area contributed by atoms with E-state index in [1.54, 1.807) is 12.1 Å². The van der Waals surface area contributed by atoms with E-state index in [2.05, 4.69) is 33.9 Å². The zero-order valence-corrected chi connectivity index (χ0v) is 15.1. The van der Waals surface area contributed by atoms with Gasteiger partial charge in [-0.15, -0.1) is 0 Å². The Morgan fingerprint density at radius 3 is 2.67 bits per heavy atom. The van der Waals surface area contributed by atoms with Gasteiger partial charge < -0.3 is 19.3 Å². The normalized spacial score (nSPS) is 14.9. The second-order valence-electron chi connectivity index (χ2n) is 6.84. The van der Waals surface area contributed by atoms with Gasteiger partial charge in [0.05, 0.1) is 18.7 Å². The van der Waals surface area contributed by atoms with Gasteiger partial charge in [0.2, 0.25) is 0 Å². The number of fused-ring (bicyclic) bond motifs is 3. The molecule has 0 amide bonds. The van der Waals surface area contributed by atoms with Gasteiger partial charge in [0.15, 0.2) is 5.82 Å². The van der Waals surface area contributed by atoms with E-state index in [9.17, 15) is 5.11 Å². The van der Waals surface area contributed by atoms with Crippen molar-refractivity contribution in [2.75, 3.05) is 31.2 Å². The number of nitrogens with zero attached hydrogens (tertiary/aromatic N) is 4. The highest BCUT2D eigenvalue weighted by atomic mass is 16.5. The molecular formula is C21H20N4O2. The van der Waals surface area contributed by atoms with Crippen LogP contribution in [0.1, 0.15) is 0 Å². The summed E-state index contributed by atoms with van der Waals surface area (Å²) in [7, 11) is 2.04. The van der Waals surface area contributed by atoms with Crippen LogP contribution in [0.5, 0.6) is 5.75 Å². The Morgan fingerprint density at radius 1 is 1.00 bits per heavy atom. The molecule has 0 radical (unpaired) electrons. The Hall–Kier alpha value is -3.12. The lowest BCUT2D eigenvalue weighted by Crippen LogP contribution is -2.37. The fourth-order valence-corrected chi connectivity index (χ4v) is 3.72. The molecule has 2 aromatic carbocycles. The number of ether oxygens (including phenoxy) is 1. The molecule has 0 aliphatic carbocycles. The van der Waals surface area contributed by atoms with Crippen LogP contribution in [0.2, 0.25) is 0 Å². The smallest absolute Gasteiger partial charge is 0.162 e. The molecule has 0 unspecified atom stereocenters. The van der Waals surface area contributed by atoms with Crippen molar-refractivity contribution in [2.45, 2.75) is 0 Å². The van der Waals surface area contributed by atoms with Crippen LogP contribution >= 0.6 is 0 Å². The molecule has 0 saturated carbocycles. The van der Waals surface area contributed by atoms with Crippen molar-refractivity contribution in [1.82, 2.24) is 14.5 Å². The summed E-state index contributed by atoms with van der Waals surface area (Å²) in [5, 5.41) is 12.0. The number of anilines is 1. The molecule has 136 valence electrons. The van der Waals surface area contributed by atoms with Gasteiger partial charge in [-0.25, -0.2) is 9.97 Å². The van der Waals surface area contributed by atoms with Gasteiger partial charge in [-0.1, -0.05) is 12.1 Å². The average molecular weight is 360 g/mol. The average Bonchev–Trinajstić information content (AvgIpc) is 3.09. The van der Waals surface area contributed by atoms with Crippen molar-refractivity contribution in [3.05, 3.63) is 48.7 Å². The zero-order valence-electron chi connectivity index (χ0n) is 15.1. The third-order valence-electron chi connectivity index (χ3n) is 5.12. The van der Waals surface area contributed by atoms with Gasteiger partial charge in [-0.2, -0.15) is 0 Å². The summed E-state index contributed by atoms with van der Waals surface area (Å²) in [6, 6.07) is 13.4. The number of rotatable bonds is 2. The van der Waals surface area contributed by atoms with E-state index in [0.717, 1.165) is 46.3 Å². The van der Waals surface area contributed by atoms with Gasteiger partial charge in [0, 0.05) is 48.2 Å². The topological polar surface area (TPSA) is 63.4 Å². The molecule has 6 heteroatoms. The number of hydrogen-bond donors (Lipinski definition) is 1. The molecular weight excluding hydrogens is 340 g/mol. The summed E-state index contributed by atoms with van der Waals surface area (Å²) < 4.78 is 7.61. The summed E-state index contributed by atoms with van der Waals surface area (Å²) >= 11 is 0. The van der Waals surface area contributed by atoms with Crippen LogP contribution in [0.15, 0.2) is 48.7 Å². The quantitative estimate of drug-likeness (QED) is 0.594. The van der Waals surface area contributed by atoms with E-state index in [0.29, 0.717) is 19.0 Å². The molecule has 5 rings (SSSR count). The first kappa shape index (κ1) is 16.1.